The molecule has 0 aliphatic carbocycles. The van der Waals surface area contributed by atoms with Gasteiger partial charge in [-0.15, -0.1) is 0 Å². The smallest absolute Gasteiger partial charge is 0.258 e. The van der Waals surface area contributed by atoms with Crippen molar-refractivity contribution in [3.05, 3.63) is 54.6 Å². The maximum atomic E-state index is 12.1. The zero-order valence-corrected chi connectivity index (χ0v) is 15.5. The predicted molar refractivity (Wildman–Crippen MR) is 105 cm³/mol. The summed E-state index contributed by atoms with van der Waals surface area (Å²) in [6.45, 7) is 5.57. The summed E-state index contributed by atoms with van der Waals surface area (Å²) in [5, 5.41) is 3.10. The molecule has 0 radical (unpaired) electrons. The molecule has 0 bridgehead atoms. The monoisotopic (exact) mass is 352 g/mol. The molecular weight excluding hydrogens is 324 g/mol. The third kappa shape index (κ3) is 5.33. The van der Waals surface area contributed by atoms with Gasteiger partial charge in [0.1, 0.15) is 5.75 Å². The van der Waals surface area contributed by atoms with Gasteiger partial charge < -0.3 is 15.0 Å². The van der Waals surface area contributed by atoms with E-state index >= 15 is 0 Å². The number of hydrogen-bond acceptors (Lipinski definition) is 3. The Bertz CT molecular complexity index is 677. The van der Waals surface area contributed by atoms with Crippen molar-refractivity contribution in [1.82, 2.24) is 10.2 Å². The van der Waals surface area contributed by atoms with Crippen LogP contribution < -0.4 is 10.1 Å². The summed E-state index contributed by atoms with van der Waals surface area (Å²) < 4.78 is 5.64. The third-order valence-electron chi connectivity index (χ3n) is 4.82. The number of benzene rings is 2. The Morgan fingerprint density at radius 2 is 1.69 bits per heavy atom. The van der Waals surface area contributed by atoms with E-state index in [2.05, 4.69) is 29.3 Å². The molecule has 1 N–H and O–H groups in total. The van der Waals surface area contributed by atoms with E-state index < -0.39 is 0 Å². The third-order valence-corrected chi connectivity index (χ3v) is 4.82. The van der Waals surface area contributed by atoms with Gasteiger partial charge in [-0.25, -0.2) is 0 Å². The highest BCUT2D eigenvalue weighted by Gasteiger charge is 2.20. The minimum Gasteiger partial charge on any atom is -0.484 e. The molecule has 1 saturated heterocycles. The maximum Gasteiger partial charge on any atom is 0.258 e. The van der Waals surface area contributed by atoms with Gasteiger partial charge in [0, 0.05) is 19.1 Å². The van der Waals surface area contributed by atoms with Crippen LogP contribution in [0, 0.1) is 0 Å². The zero-order valence-electron chi connectivity index (χ0n) is 15.5. The molecular formula is C22H28N2O2. The number of nitrogens with one attached hydrogen (secondary N) is 1. The lowest BCUT2D eigenvalue weighted by molar-refractivity contribution is -0.124. The minimum atomic E-state index is -0.0360. The second kappa shape index (κ2) is 9.39. The van der Waals surface area contributed by atoms with Crippen molar-refractivity contribution in [3.8, 4) is 16.9 Å². The SMILES string of the molecule is CCCN1CCC(NC(=O)COc2ccc(-c3ccccc3)cc2)CC1. The van der Waals surface area contributed by atoms with Crippen molar-refractivity contribution >= 4 is 5.91 Å². The standard InChI is InChI=1S/C22H28N2O2/c1-2-14-24-15-12-20(13-16-24)23-22(25)17-26-21-10-8-19(9-11-21)18-6-4-3-5-7-18/h3-11,20H,2,12-17H2,1H3,(H,23,25). The molecule has 26 heavy (non-hydrogen) atoms. The number of piperidine rings is 1. The summed E-state index contributed by atoms with van der Waals surface area (Å²) >= 11 is 0. The summed E-state index contributed by atoms with van der Waals surface area (Å²) in [5.74, 6) is 0.684. The summed E-state index contributed by atoms with van der Waals surface area (Å²) in [4.78, 5) is 14.6. The van der Waals surface area contributed by atoms with Crippen molar-refractivity contribution in [1.29, 1.82) is 0 Å². The quantitative estimate of drug-likeness (QED) is 0.826. The average molecular weight is 352 g/mol. The van der Waals surface area contributed by atoms with Gasteiger partial charge in [-0.2, -0.15) is 0 Å². The van der Waals surface area contributed by atoms with Crippen LogP contribution in [0.25, 0.3) is 11.1 Å². The number of rotatable bonds is 7. The van der Waals surface area contributed by atoms with Crippen LogP contribution in [0.2, 0.25) is 0 Å². The Hall–Kier alpha value is -2.33. The molecule has 1 fully saturated rings. The van der Waals surface area contributed by atoms with Gasteiger partial charge in [0.15, 0.2) is 6.61 Å². The van der Waals surface area contributed by atoms with Crippen molar-refractivity contribution in [3.63, 3.8) is 0 Å². The Labute approximate surface area is 156 Å². The zero-order chi connectivity index (χ0) is 18.2. The number of carbonyl (C=O) groups is 1. The summed E-state index contributed by atoms with van der Waals surface area (Å²) in [5.41, 5.74) is 2.31. The molecule has 0 unspecified atom stereocenters. The minimum absolute atomic E-state index is 0.0360. The van der Waals surface area contributed by atoms with Crippen LogP contribution in [0.4, 0.5) is 0 Å². The van der Waals surface area contributed by atoms with Gasteiger partial charge >= 0.3 is 0 Å². The lowest BCUT2D eigenvalue weighted by Gasteiger charge is -2.32. The number of amides is 1. The van der Waals surface area contributed by atoms with Crippen LogP contribution in [-0.4, -0.2) is 43.1 Å². The van der Waals surface area contributed by atoms with E-state index in [9.17, 15) is 4.79 Å². The predicted octanol–water partition coefficient (Wildman–Crippen LogP) is 3.72. The van der Waals surface area contributed by atoms with E-state index in [0.29, 0.717) is 0 Å². The van der Waals surface area contributed by atoms with Gasteiger partial charge in [-0.05, 0) is 49.1 Å². The molecule has 4 heteroatoms. The van der Waals surface area contributed by atoms with Gasteiger partial charge in [0.05, 0.1) is 0 Å². The molecule has 138 valence electrons. The molecule has 0 saturated carbocycles. The highest BCUT2D eigenvalue weighted by atomic mass is 16.5. The van der Waals surface area contributed by atoms with Crippen LogP contribution >= 0.6 is 0 Å². The molecule has 2 aromatic rings. The van der Waals surface area contributed by atoms with E-state index in [-0.39, 0.29) is 18.6 Å². The fourth-order valence-corrected chi connectivity index (χ4v) is 3.41. The van der Waals surface area contributed by atoms with Crippen LogP contribution in [0.5, 0.6) is 5.75 Å². The molecule has 1 aliphatic rings. The molecule has 1 heterocycles. The number of nitrogens with zero attached hydrogens (tertiary/aromatic N) is 1. The molecule has 0 spiro atoms. The van der Waals surface area contributed by atoms with Crippen molar-refractivity contribution in [2.24, 2.45) is 0 Å². The number of carbonyl (C=O) groups excluding carboxylic acids is 1. The fraction of sp³-hybridized carbons (Fsp3) is 0.409. The van der Waals surface area contributed by atoms with Gasteiger partial charge in [0.2, 0.25) is 0 Å². The normalized spacial score (nSPS) is 15.6. The highest BCUT2D eigenvalue weighted by molar-refractivity contribution is 5.77. The van der Waals surface area contributed by atoms with Gasteiger partial charge in [-0.3, -0.25) is 4.79 Å². The number of ether oxygens (including phenoxy) is 1. The molecule has 1 amide bonds. The Morgan fingerprint density at radius 3 is 2.35 bits per heavy atom. The molecule has 1 aliphatic heterocycles. The molecule has 4 nitrogen and oxygen atoms in total. The van der Waals surface area contributed by atoms with Crippen molar-refractivity contribution in [2.45, 2.75) is 32.2 Å². The van der Waals surface area contributed by atoms with Crippen LogP contribution in [-0.2, 0) is 4.79 Å². The number of hydrogen-bond donors (Lipinski definition) is 1. The lowest BCUT2D eigenvalue weighted by atomic mass is 10.0. The van der Waals surface area contributed by atoms with Crippen LogP contribution in [0.3, 0.4) is 0 Å². The van der Waals surface area contributed by atoms with Gasteiger partial charge in [-0.1, -0.05) is 49.4 Å². The molecule has 0 aromatic heterocycles. The first-order valence-electron chi connectivity index (χ1n) is 9.54. The lowest BCUT2D eigenvalue weighted by Crippen LogP contribution is -2.46. The second-order valence-corrected chi connectivity index (χ2v) is 6.86. The summed E-state index contributed by atoms with van der Waals surface area (Å²) in [7, 11) is 0. The summed E-state index contributed by atoms with van der Waals surface area (Å²) in [6.07, 6.45) is 3.24. The Morgan fingerprint density at radius 1 is 1.04 bits per heavy atom. The fourth-order valence-electron chi connectivity index (χ4n) is 3.41. The van der Waals surface area contributed by atoms with E-state index in [1.165, 1.54) is 12.0 Å². The van der Waals surface area contributed by atoms with Crippen LogP contribution in [0.1, 0.15) is 26.2 Å². The van der Waals surface area contributed by atoms with E-state index in [4.69, 9.17) is 4.74 Å². The summed E-state index contributed by atoms with van der Waals surface area (Å²) in [6, 6.07) is 18.4. The molecule has 2 aromatic carbocycles. The topological polar surface area (TPSA) is 41.6 Å². The number of likely N-dealkylation sites (tertiary alicyclic amines) is 1. The highest BCUT2D eigenvalue weighted by Crippen LogP contribution is 2.22. The van der Waals surface area contributed by atoms with Gasteiger partial charge in [0.25, 0.3) is 5.91 Å². The first kappa shape index (κ1) is 18.5. The van der Waals surface area contributed by atoms with Crippen LogP contribution in [0.15, 0.2) is 54.6 Å². The van der Waals surface area contributed by atoms with E-state index in [1.54, 1.807) is 0 Å². The van der Waals surface area contributed by atoms with E-state index in [0.717, 1.165) is 43.8 Å². The Balaban J connectivity index is 1.42. The average Bonchev–Trinajstić information content (AvgIpc) is 2.69. The molecule has 0 atom stereocenters. The van der Waals surface area contributed by atoms with Crippen molar-refractivity contribution in [2.75, 3.05) is 26.2 Å². The van der Waals surface area contributed by atoms with Crippen molar-refractivity contribution < 1.29 is 9.53 Å². The first-order chi connectivity index (χ1) is 12.7. The van der Waals surface area contributed by atoms with E-state index in [1.807, 2.05) is 42.5 Å². The first-order valence-corrected chi connectivity index (χ1v) is 9.54. The maximum absolute atomic E-state index is 12.1. The second-order valence-electron chi connectivity index (χ2n) is 6.86. The largest absolute Gasteiger partial charge is 0.484 e. The molecule has 3 rings (SSSR count). The Kier molecular flexibility index (Phi) is 6.67.